The Balaban J connectivity index is 1.93. The molecule has 1 amide bonds. The van der Waals surface area contributed by atoms with Crippen LogP contribution in [-0.4, -0.2) is 67.8 Å². The molecule has 0 bridgehead atoms. The Hall–Kier alpha value is -2.04. The van der Waals surface area contributed by atoms with Gasteiger partial charge in [0.15, 0.2) is 5.13 Å². The number of nitrogens with zero attached hydrogens (tertiary/aromatic N) is 4. The van der Waals surface area contributed by atoms with Crippen molar-refractivity contribution in [2.45, 2.75) is 65.2 Å². The van der Waals surface area contributed by atoms with Crippen LogP contribution in [-0.2, 0) is 10.0 Å². The standard InChI is InChI=1S/C29H41ClN4O3S2/c1-6-10-16-33(17-11-7-2)39(36,37)25-14-12-23(13-15-25)28(35)34(19-18-32(8-3)9-4)29-31-27-22(5)20-24(30)21-26(27)38-29/h12-15,20-21H,6-11,16-19H2,1-5H3. The lowest BCUT2D eigenvalue weighted by atomic mass is 10.2. The van der Waals surface area contributed by atoms with Crippen LogP contribution in [0.25, 0.3) is 10.2 Å². The van der Waals surface area contributed by atoms with Crippen LogP contribution in [0.1, 0.15) is 69.3 Å². The van der Waals surface area contributed by atoms with Crippen molar-refractivity contribution in [2.75, 3.05) is 44.2 Å². The Morgan fingerprint density at radius 1 is 0.923 bits per heavy atom. The Morgan fingerprint density at radius 3 is 2.10 bits per heavy atom. The molecule has 7 nitrogen and oxygen atoms in total. The van der Waals surface area contributed by atoms with Crippen LogP contribution in [0.3, 0.4) is 0 Å². The van der Waals surface area contributed by atoms with Crippen LogP contribution < -0.4 is 4.90 Å². The lowest BCUT2D eigenvalue weighted by Crippen LogP contribution is -2.39. The second-order valence-corrected chi connectivity index (χ2v) is 13.1. The molecule has 0 aliphatic carbocycles. The number of likely N-dealkylation sites (N-methyl/N-ethyl adjacent to an activating group) is 1. The molecule has 3 aromatic rings. The number of fused-ring (bicyclic) bond motifs is 1. The van der Waals surface area contributed by atoms with Crippen molar-refractivity contribution in [3.05, 3.63) is 52.5 Å². The number of anilines is 1. The van der Waals surface area contributed by atoms with E-state index in [0.29, 0.717) is 41.9 Å². The molecule has 2 aromatic carbocycles. The van der Waals surface area contributed by atoms with Gasteiger partial charge in [0.2, 0.25) is 10.0 Å². The summed E-state index contributed by atoms with van der Waals surface area (Å²) in [6.07, 6.45) is 3.47. The number of carbonyl (C=O) groups excluding carboxylic acids is 1. The number of hydrogen-bond acceptors (Lipinski definition) is 6. The van der Waals surface area contributed by atoms with Gasteiger partial charge in [-0.25, -0.2) is 13.4 Å². The molecule has 0 radical (unpaired) electrons. The highest BCUT2D eigenvalue weighted by Gasteiger charge is 2.26. The number of aryl methyl sites for hydroxylation is 1. The highest BCUT2D eigenvalue weighted by molar-refractivity contribution is 7.89. The van der Waals surface area contributed by atoms with E-state index in [0.717, 1.165) is 54.6 Å². The van der Waals surface area contributed by atoms with Gasteiger partial charge in [0.1, 0.15) is 0 Å². The third-order valence-electron chi connectivity index (χ3n) is 6.91. The van der Waals surface area contributed by atoms with Crippen molar-refractivity contribution in [3.63, 3.8) is 0 Å². The number of unbranched alkanes of at least 4 members (excludes halogenated alkanes) is 2. The van der Waals surface area contributed by atoms with Gasteiger partial charge in [-0.05, 0) is 74.8 Å². The van der Waals surface area contributed by atoms with Gasteiger partial charge < -0.3 is 4.90 Å². The third-order valence-corrected chi connectivity index (χ3v) is 10.1. The van der Waals surface area contributed by atoms with Crippen LogP contribution >= 0.6 is 22.9 Å². The van der Waals surface area contributed by atoms with Crippen LogP contribution in [0.15, 0.2) is 41.3 Å². The van der Waals surface area contributed by atoms with E-state index in [-0.39, 0.29) is 10.8 Å². The Labute approximate surface area is 242 Å². The zero-order valence-corrected chi connectivity index (χ0v) is 26.1. The summed E-state index contributed by atoms with van der Waals surface area (Å²) in [5.41, 5.74) is 2.22. The summed E-state index contributed by atoms with van der Waals surface area (Å²) in [6.45, 7) is 14.2. The van der Waals surface area contributed by atoms with Gasteiger partial charge in [-0.3, -0.25) is 9.69 Å². The van der Waals surface area contributed by atoms with E-state index in [1.807, 2.05) is 19.1 Å². The molecular formula is C29H41ClN4O3S2. The summed E-state index contributed by atoms with van der Waals surface area (Å²) in [7, 11) is -3.64. The molecule has 0 spiro atoms. The first-order valence-corrected chi connectivity index (χ1v) is 16.5. The summed E-state index contributed by atoms with van der Waals surface area (Å²) in [5, 5.41) is 1.24. The summed E-state index contributed by atoms with van der Waals surface area (Å²) in [4.78, 5) is 22.8. The number of halogens is 1. The highest BCUT2D eigenvalue weighted by atomic mass is 35.5. The smallest absolute Gasteiger partial charge is 0.260 e. The molecule has 0 fully saturated rings. The van der Waals surface area contributed by atoms with Crippen molar-refractivity contribution in [1.29, 1.82) is 0 Å². The summed E-state index contributed by atoms with van der Waals surface area (Å²) in [5.74, 6) is -0.206. The highest BCUT2D eigenvalue weighted by Crippen LogP contribution is 2.33. The van der Waals surface area contributed by atoms with Gasteiger partial charge in [-0.2, -0.15) is 4.31 Å². The van der Waals surface area contributed by atoms with Crippen LogP contribution in [0, 0.1) is 6.92 Å². The van der Waals surface area contributed by atoms with Crippen LogP contribution in [0.2, 0.25) is 5.02 Å². The van der Waals surface area contributed by atoms with Gasteiger partial charge in [0.05, 0.1) is 15.1 Å². The second-order valence-electron chi connectivity index (χ2n) is 9.69. The SMILES string of the molecule is CCCCN(CCCC)S(=O)(=O)c1ccc(C(=O)N(CCN(CC)CC)c2nc3c(C)cc(Cl)cc3s2)cc1. The average Bonchev–Trinajstić information content (AvgIpc) is 3.35. The monoisotopic (exact) mass is 592 g/mol. The van der Waals surface area contributed by atoms with E-state index < -0.39 is 10.0 Å². The topological polar surface area (TPSA) is 73.8 Å². The minimum Gasteiger partial charge on any atom is -0.302 e. The summed E-state index contributed by atoms with van der Waals surface area (Å²) >= 11 is 7.72. The van der Waals surface area contributed by atoms with Crippen molar-refractivity contribution in [3.8, 4) is 0 Å². The van der Waals surface area contributed by atoms with E-state index in [9.17, 15) is 13.2 Å². The molecule has 1 heterocycles. The van der Waals surface area contributed by atoms with E-state index in [1.165, 1.54) is 11.3 Å². The first-order chi connectivity index (χ1) is 18.7. The molecule has 3 rings (SSSR count). The maximum atomic E-state index is 13.8. The van der Waals surface area contributed by atoms with Crippen molar-refractivity contribution >= 4 is 54.2 Å². The number of benzene rings is 2. The molecule has 1 aromatic heterocycles. The normalized spacial score (nSPS) is 12.1. The molecule has 0 saturated heterocycles. The maximum absolute atomic E-state index is 13.8. The van der Waals surface area contributed by atoms with Crippen molar-refractivity contribution < 1.29 is 13.2 Å². The second kappa shape index (κ2) is 14.6. The molecular weight excluding hydrogens is 552 g/mol. The van der Waals surface area contributed by atoms with Crippen molar-refractivity contribution in [1.82, 2.24) is 14.2 Å². The summed E-state index contributed by atoms with van der Waals surface area (Å²) in [6, 6.07) is 10.1. The number of rotatable bonds is 15. The zero-order chi connectivity index (χ0) is 28.6. The van der Waals surface area contributed by atoms with E-state index in [1.54, 1.807) is 33.5 Å². The molecule has 0 atom stereocenters. The number of aromatic nitrogens is 1. The van der Waals surface area contributed by atoms with Gasteiger partial charge in [0, 0.05) is 36.8 Å². The number of carbonyl (C=O) groups is 1. The molecule has 214 valence electrons. The summed E-state index contributed by atoms with van der Waals surface area (Å²) < 4.78 is 29.3. The van der Waals surface area contributed by atoms with E-state index in [2.05, 4.69) is 32.6 Å². The minimum absolute atomic E-state index is 0.206. The quantitative estimate of drug-likeness (QED) is 0.193. The average molecular weight is 593 g/mol. The third kappa shape index (κ3) is 7.79. The first-order valence-electron chi connectivity index (χ1n) is 13.9. The Bertz CT molecular complexity index is 1330. The molecule has 10 heteroatoms. The maximum Gasteiger partial charge on any atom is 0.260 e. The van der Waals surface area contributed by atoms with Crippen LogP contribution in [0.4, 0.5) is 5.13 Å². The fraction of sp³-hybridized carbons (Fsp3) is 0.517. The minimum atomic E-state index is -3.64. The molecule has 0 aliphatic heterocycles. The van der Waals surface area contributed by atoms with Gasteiger partial charge in [-0.1, -0.05) is 63.5 Å². The van der Waals surface area contributed by atoms with Gasteiger partial charge in [0.25, 0.3) is 5.91 Å². The van der Waals surface area contributed by atoms with E-state index >= 15 is 0 Å². The molecule has 0 unspecified atom stereocenters. The number of sulfonamides is 1. The van der Waals surface area contributed by atoms with Crippen LogP contribution in [0.5, 0.6) is 0 Å². The first kappa shape index (κ1) is 31.5. The fourth-order valence-electron chi connectivity index (χ4n) is 4.42. The number of amides is 1. The lowest BCUT2D eigenvalue weighted by molar-refractivity contribution is 0.0983. The lowest BCUT2D eigenvalue weighted by Gasteiger charge is -2.25. The van der Waals surface area contributed by atoms with Gasteiger partial charge in [-0.15, -0.1) is 0 Å². The zero-order valence-electron chi connectivity index (χ0n) is 23.7. The molecule has 0 N–H and O–H groups in total. The largest absolute Gasteiger partial charge is 0.302 e. The fourth-order valence-corrected chi connectivity index (χ4v) is 7.38. The molecule has 39 heavy (non-hydrogen) atoms. The molecule has 0 saturated carbocycles. The molecule has 0 aliphatic rings. The number of thiazole rings is 1. The Morgan fingerprint density at radius 2 is 1.54 bits per heavy atom. The van der Waals surface area contributed by atoms with Crippen molar-refractivity contribution in [2.24, 2.45) is 0 Å². The number of hydrogen-bond donors (Lipinski definition) is 0. The van der Waals surface area contributed by atoms with E-state index in [4.69, 9.17) is 16.6 Å². The van der Waals surface area contributed by atoms with Gasteiger partial charge >= 0.3 is 0 Å². The predicted molar refractivity (Wildman–Crippen MR) is 164 cm³/mol. The Kier molecular flexibility index (Phi) is 11.7. The predicted octanol–water partition coefficient (Wildman–Crippen LogP) is 6.84.